The molecule has 76 valence electrons. The van der Waals surface area contributed by atoms with Gasteiger partial charge in [-0.05, 0) is 42.8 Å². The lowest BCUT2D eigenvalue weighted by atomic mass is 10.1. The number of halogens is 1. The van der Waals surface area contributed by atoms with Crippen LogP contribution in [0.3, 0.4) is 0 Å². The van der Waals surface area contributed by atoms with Crippen LogP contribution in [0.25, 0.3) is 0 Å². The maximum atomic E-state index is 11.9. The molecule has 1 aromatic heterocycles. The monoisotopic (exact) mass is 264 g/mol. The summed E-state index contributed by atoms with van der Waals surface area (Å²) in [7, 11) is 0. The predicted octanol–water partition coefficient (Wildman–Crippen LogP) is 3.58. The Kier molecular flexibility index (Phi) is 2.73. The van der Waals surface area contributed by atoms with Gasteiger partial charge < -0.3 is 4.42 Å². The zero-order chi connectivity index (χ0) is 10.8. The highest BCUT2D eigenvalue weighted by molar-refractivity contribution is 9.10. The van der Waals surface area contributed by atoms with Crippen molar-refractivity contribution in [2.24, 2.45) is 0 Å². The highest BCUT2D eigenvalue weighted by Gasteiger charge is 2.14. The number of rotatable bonds is 2. The lowest BCUT2D eigenvalue weighted by Gasteiger charge is -1.98. The smallest absolute Gasteiger partial charge is 0.228 e. The topological polar surface area (TPSA) is 30.2 Å². The average molecular weight is 265 g/mol. The minimum Gasteiger partial charge on any atom is -0.461 e. The Hall–Kier alpha value is -1.35. The lowest BCUT2D eigenvalue weighted by molar-refractivity contribution is 0.101. The van der Waals surface area contributed by atoms with Crippen molar-refractivity contribution in [1.29, 1.82) is 0 Å². The van der Waals surface area contributed by atoms with Crippen LogP contribution < -0.4 is 0 Å². The number of benzene rings is 1. The average Bonchev–Trinajstić information content (AvgIpc) is 2.65. The first-order chi connectivity index (χ1) is 7.18. The van der Waals surface area contributed by atoms with Gasteiger partial charge in [-0.1, -0.05) is 15.9 Å². The van der Waals surface area contributed by atoms with Crippen molar-refractivity contribution in [3.8, 4) is 0 Å². The Balaban J connectivity index is 2.37. The Morgan fingerprint density at radius 3 is 2.40 bits per heavy atom. The molecule has 1 aromatic carbocycles. The van der Waals surface area contributed by atoms with Gasteiger partial charge in [0, 0.05) is 10.0 Å². The van der Waals surface area contributed by atoms with Crippen LogP contribution in [0.4, 0.5) is 0 Å². The minimum absolute atomic E-state index is 0.0787. The normalized spacial score (nSPS) is 10.3. The van der Waals surface area contributed by atoms with Gasteiger partial charge in [-0.3, -0.25) is 4.79 Å². The lowest BCUT2D eigenvalue weighted by Crippen LogP contribution is -2.00. The van der Waals surface area contributed by atoms with Crippen molar-refractivity contribution in [3.05, 3.63) is 58.0 Å². The minimum atomic E-state index is -0.0787. The zero-order valence-electron chi connectivity index (χ0n) is 8.16. The van der Waals surface area contributed by atoms with E-state index in [4.69, 9.17) is 4.42 Å². The maximum Gasteiger partial charge on any atom is 0.228 e. The largest absolute Gasteiger partial charge is 0.461 e. The van der Waals surface area contributed by atoms with Gasteiger partial charge in [0.2, 0.25) is 5.78 Å². The van der Waals surface area contributed by atoms with Gasteiger partial charge in [0.15, 0.2) is 5.76 Å². The molecule has 0 aliphatic carbocycles. The second-order valence-corrected chi connectivity index (χ2v) is 4.18. The number of carbonyl (C=O) groups excluding carboxylic acids is 1. The molecule has 0 bridgehead atoms. The number of carbonyl (C=O) groups is 1. The van der Waals surface area contributed by atoms with Crippen molar-refractivity contribution < 1.29 is 9.21 Å². The first kappa shape index (κ1) is 10.2. The number of furan rings is 1. The fourth-order valence-electron chi connectivity index (χ4n) is 1.34. The highest BCUT2D eigenvalue weighted by atomic mass is 79.9. The van der Waals surface area contributed by atoms with Crippen LogP contribution in [-0.2, 0) is 0 Å². The molecule has 0 unspecified atom stereocenters. The molecule has 0 saturated heterocycles. The second kappa shape index (κ2) is 4.03. The number of hydrogen-bond donors (Lipinski definition) is 0. The van der Waals surface area contributed by atoms with Crippen LogP contribution in [0, 0.1) is 6.92 Å². The third-order valence-electron chi connectivity index (χ3n) is 2.17. The van der Waals surface area contributed by atoms with Gasteiger partial charge in [-0.25, -0.2) is 0 Å². The summed E-state index contributed by atoms with van der Waals surface area (Å²) in [5.41, 5.74) is 1.50. The molecule has 2 nitrogen and oxygen atoms in total. The molecule has 0 aliphatic heterocycles. The molecule has 0 N–H and O–H groups in total. The Bertz CT molecular complexity index is 483. The van der Waals surface area contributed by atoms with Crippen molar-refractivity contribution >= 4 is 21.7 Å². The summed E-state index contributed by atoms with van der Waals surface area (Å²) in [5.74, 6) is 0.335. The quantitative estimate of drug-likeness (QED) is 0.777. The zero-order valence-corrected chi connectivity index (χ0v) is 9.74. The molecular weight excluding hydrogens is 256 g/mol. The third-order valence-corrected chi connectivity index (χ3v) is 2.70. The molecule has 0 saturated carbocycles. The summed E-state index contributed by atoms with van der Waals surface area (Å²) in [6.07, 6.45) is 1.53. The molecule has 2 aromatic rings. The van der Waals surface area contributed by atoms with E-state index in [1.54, 1.807) is 18.2 Å². The molecule has 3 heteroatoms. The third kappa shape index (κ3) is 2.02. The van der Waals surface area contributed by atoms with Crippen molar-refractivity contribution in [3.63, 3.8) is 0 Å². The van der Waals surface area contributed by atoms with Crippen LogP contribution in [0.1, 0.15) is 21.7 Å². The van der Waals surface area contributed by atoms with E-state index in [2.05, 4.69) is 15.9 Å². The first-order valence-electron chi connectivity index (χ1n) is 4.53. The molecular formula is C12H9BrO2. The summed E-state index contributed by atoms with van der Waals surface area (Å²) >= 11 is 3.32. The van der Waals surface area contributed by atoms with E-state index in [1.807, 2.05) is 19.1 Å². The number of aryl methyl sites for hydroxylation is 1. The Morgan fingerprint density at radius 2 is 1.87 bits per heavy atom. The highest BCUT2D eigenvalue weighted by Crippen LogP contribution is 2.17. The van der Waals surface area contributed by atoms with Crippen molar-refractivity contribution in [2.45, 2.75) is 6.92 Å². The summed E-state index contributed by atoms with van der Waals surface area (Å²) in [4.78, 5) is 11.9. The summed E-state index contributed by atoms with van der Waals surface area (Å²) in [6.45, 7) is 1.86. The molecule has 0 fully saturated rings. The Labute approximate surface area is 96.0 Å². The molecule has 1 heterocycles. The number of hydrogen-bond acceptors (Lipinski definition) is 2. The van der Waals surface area contributed by atoms with Crippen LogP contribution in [0.2, 0.25) is 0 Å². The van der Waals surface area contributed by atoms with Crippen LogP contribution in [0.15, 0.2) is 45.5 Å². The van der Waals surface area contributed by atoms with Gasteiger partial charge >= 0.3 is 0 Å². The van der Waals surface area contributed by atoms with E-state index in [0.29, 0.717) is 11.3 Å². The van der Waals surface area contributed by atoms with E-state index in [0.717, 1.165) is 10.0 Å². The first-order valence-corrected chi connectivity index (χ1v) is 5.32. The van der Waals surface area contributed by atoms with Gasteiger partial charge in [0.1, 0.15) is 0 Å². The van der Waals surface area contributed by atoms with Crippen molar-refractivity contribution in [2.75, 3.05) is 0 Å². The van der Waals surface area contributed by atoms with E-state index in [9.17, 15) is 4.79 Å². The predicted molar refractivity (Wildman–Crippen MR) is 61.0 cm³/mol. The van der Waals surface area contributed by atoms with Gasteiger partial charge in [-0.15, -0.1) is 0 Å². The van der Waals surface area contributed by atoms with Gasteiger partial charge in [0.25, 0.3) is 0 Å². The van der Waals surface area contributed by atoms with Gasteiger partial charge in [0.05, 0.1) is 6.26 Å². The van der Waals surface area contributed by atoms with Crippen LogP contribution in [0.5, 0.6) is 0 Å². The van der Waals surface area contributed by atoms with Crippen LogP contribution in [-0.4, -0.2) is 5.78 Å². The van der Waals surface area contributed by atoms with Crippen molar-refractivity contribution in [1.82, 2.24) is 0 Å². The summed E-state index contributed by atoms with van der Waals surface area (Å²) in [6, 6.07) is 9.01. The fraction of sp³-hybridized carbons (Fsp3) is 0.0833. The second-order valence-electron chi connectivity index (χ2n) is 3.27. The summed E-state index contributed by atoms with van der Waals surface area (Å²) < 4.78 is 6.10. The van der Waals surface area contributed by atoms with Gasteiger partial charge in [-0.2, -0.15) is 0 Å². The number of ketones is 1. The molecule has 15 heavy (non-hydrogen) atoms. The maximum absolute atomic E-state index is 11.9. The molecule has 0 amide bonds. The summed E-state index contributed by atoms with van der Waals surface area (Å²) in [5, 5.41) is 0. The SMILES string of the molecule is Cc1ccoc1C(=O)c1ccc(Br)cc1. The van der Waals surface area contributed by atoms with E-state index in [1.165, 1.54) is 6.26 Å². The van der Waals surface area contributed by atoms with E-state index >= 15 is 0 Å². The van der Waals surface area contributed by atoms with Crippen LogP contribution >= 0.6 is 15.9 Å². The molecule has 0 atom stereocenters. The molecule has 2 rings (SSSR count). The Morgan fingerprint density at radius 1 is 1.20 bits per heavy atom. The molecule has 0 aliphatic rings. The molecule has 0 radical (unpaired) electrons. The fourth-order valence-corrected chi connectivity index (χ4v) is 1.60. The molecule has 0 spiro atoms. The van der Waals surface area contributed by atoms with E-state index < -0.39 is 0 Å². The van der Waals surface area contributed by atoms with E-state index in [-0.39, 0.29) is 5.78 Å². The standard InChI is InChI=1S/C12H9BrO2/c1-8-6-7-15-12(8)11(14)9-2-4-10(13)5-3-9/h2-7H,1H3.